The largest absolute Gasteiger partial charge is 0.360 e. The number of thioether (sulfide) groups is 1. The molecule has 0 radical (unpaired) electrons. The van der Waals surface area contributed by atoms with Crippen LogP contribution in [0.1, 0.15) is 67.4 Å². The van der Waals surface area contributed by atoms with Crippen molar-refractivity contribution in [3.05, 3.63) is 53.1 Å². The Labute approximate surface area is 176 Å². The van der Waals surface area contributed by atoms with Crippen LogP contribution in [-0.2, 0) is 5.41 Å². The van der Waals surface area contributed by atoms with Gasteiger partial charge in [-0.25, -0.2) is 0 Å². The molecule has 0 spiro atoms. The van der Waals surface area contributed by atoms with Crippen LogP contribution in [0.15, 0.2) is 47.5 Å². The molecule has 1 aromatic carbocycles. The molecular weight excluding hydrogens is 360 g/mol. The highest BCUT2D eigenvalue weighted by Crippen LogP contribution is 2.52. The van der Waals surface area contributed by atoms with E-state index in [-0.39, 0.29) is 15.7 Å². The van der Waals surface area contributed by atoms with E-state index in [4.69, 9.17) is 0 Å². The number of allylic oxidation sites excluding steroid dienone is 3. The molecule has 0 atom stereocenters. The van der Waals surface area contributed by atoms with Crippen molar-refractivity contribution in [2.45, 2.75) is 77.5 Å². The van der Waals surface area contributed by atoms with Crippen molar-refractivity contribution in [2.24, 2.45) is 0 Å². The molecule has 1 saturated heterocycles. The van der Waals surface area contributed by atoms with Gasteiger partial charge in [0.05, 0.1) is 10.4 Å². The van der Waals surface area contributed by atoms with Gasteiger partial charge in [0.25, 0.3) is 0 Å². The van der Waals surface area contributed by atoms with Gasteiger partial charge >= 0.3 is 0 Å². The summed E-state index contributed by atoms with van der Waals surface area (Å²) in [5, 5.41) is 1.38. The Balaban J connectivity index is 1.97. The van der Waals surface area contributed by atoms with Crippen molar-refractivity contribution >= 4 is 23.2 Å². The highest BCUT2D eigenvalue weighted by molar-refractivity contribution is 8.04. The molecule has 2 aliphatic rings. The van der Waals surface area contributed by atoms with Crippen molar-refractivity contribution in [1.29, 1.82) is 0 Å². The third-order valence-electron chi connectivity index (χ3n) is 6.83. The summed E-state index contributed by atoms with van der Waals surface area (Å²) in [4.78, 5) is 2.55. The lowest BCUT2D eigenvalue weighted by Gasteiger charge is -2.40. The minimum atomic E-state index is 0.0343. The molecule has 2 aliphatic heterocycles. The molecule has 2 nitrogen and oxygen atoms in total. The highest BCUT2D eigenvalue weighted by atomic mass is 32.2. The van der Waals surface area contributed by atoms with Crippen LogP contribution in [-0.4, -0.2) is 38.6 Å². The summed E-state index contributed by atoms with van der Waals surface area (Å²) in [6, 6.07) is 8.87. The Morgan fingerprint density at radius 3 is 2.36 bits per heavy atom. The van der Waals surface area contributed by atoms with Gasteiger partial charge in [0, 0.05) is 41.0 Å². The molecule has 3 heteroatoms. The lowest BCUT2D eigenvalue weighted by molar-refractivity contribution is -0.437. The number of hydrogen-bond acceptors (Lipinski definition) is 2. The van der Waals surface area contributed by atoms with E-state index in [9.17, 15) is 0 Å². The summed E-state index contributed by atoms with van der Waals surface area (Å²) in [7, 11) is 0. The lowest BCUT2D eigenvalue weighted by Crippen LogP contribution is -2.49. The van der Waals surface area contributed by atoms with E-state index in [2.05, 4.69) is 107 Å². The molecule has 0 saturated carbocycles. The first kappa shape index (κ1) is 21.2. The summed E-state index contributed by atoms with van der Waals surface area (Å²) in [5.74, 6) is 0. The van der Waals surface area contributed by atoms with Crippen LogP contribution in [0.25, 0.3) is 0 Å². The minimum Gasteiger partial charge on any atom is -0.360 e. The second-order valence-corrected chi connectivity index (χ2v) is 11.1. The molecule has 28 heavy (non-hydrogen) atoms. The van der Waals surface area contributed by atoms with Crippen LogP contribution >= 0.6 is 11.8 Å². The number of benzene rings is 1. The molecule has 3 rings (SSSR count). The summed E-state index contributed by atoms with van der Waals surface area (Å²) in [5.41, 5.74) is 4.39. The van der Waals surface area contributed by atoms with Crippen LogP contribution in [0, 0.1) is 0 Å². The first-order valence-corrected chi connectivity index (χ1v) is 11.5. The minimum absolute atomic E-state index is 0.0343. The zero-order chi connectivity index (χ0) is 20.7. The second-order valence-electron chi connectivity index (χ2n) is 9.46. The van der Waals surface area contributed by atoms with Gasteiger partial charge in [-0.1, -0.05) is 43.0 Å². The topological polar surface area (TPSA) is 6.25 Å². The third kappa shape index (κ3) is 3.26. The quantitative estimate of drug-likeness (QED) is 0.523. The number of rotatable bonds is 5. The van der Waals surface area contributed by atoms with Crippen LogP contribution in [0.4, 0.5) is 5.69 Å². The van der Waals surface area contributed by atoms with Crippen molar-refractivity contribution in [3.63, 3.8) is 0 Å². The van der Waals surface area contributed by atoms with E-state index < -0.39 is 0 Å². The molecule has 0 aliphatic carbocycles. The monoisotopic (exact) mass is 397 g/mol. The van der Waals surface area contributed by atoms with E-state index >= 15 is 0 Å². The van der Waals surface area contributed by atoms with E-state index in [0.717, 1.165) is 19.5 Å². The summed E-state index contributed by atoms with van der Waals surface area (Å²) >= 11 is 2.00. The van der Waals surface area contributed by atoms with Gasteiger partial charge in [0.15, 0.2) is 5.71 Å². The maximum atomic E-state index is 2.55. The van der Waals surface area contributed by atoms with Crippen molar-refractivity contribution in [3.8, 4) is 0 Å². The Hall–Kier alpha value is -1.48. The second kappa shape index (κ2) is 7.40. The van der Waals surface area contributed by atoms with E-state index in [1.165, 1.54) is 22.0 Å². The fourth-order valence-corrected chi connectivity index (χ4v) is 6.04. The van der Waals surface area contributed by atoms with Crippen LogP contribution in [0.3, 0.4) is 0 Å². The van der Waals surface area contributed by atoms with Crippen molar-refractivity contribution < 1.29 is 4.58 Å². The normalized spacial score (nSPS) is 23.9. The smallest absolute Gasteiger partial charge is 0.209 e. The van der Waals surface area contributed by atoms with Gasteiger partial charge in [0.1, 0.15) is 6.54 Å². The predicted octanol–water partition coefficient (Wildman–Crippen LogP) is 6.50. The van der Waals surface area contributed by atoms with Gasteiger partial charge in [-0.05, 0) is 54.5 Å². The van der Waals surface area contributed by atoms with E-state index in [0.29, 0.717) is 0 Å². The van der Waals surface area contributed by atoms with E-state index in [1.807, 2.05) is 11.8 Å². The molecule has 0 bridgehead atoms. The Kier molecular flexibility index (Phi) is 5.62. The summed E-state index contributed by atoms with van der Waals surface area (Å²) in [6.45, 7) is 20.8. The molecule has 0 amide bonds. The fraction of sp³-hybridized carbons (Fsp3) is 0.560. The molecule has 2 heterocycles. The zero-order valence-corrected chi connectivity index (χ0v) is 19.8. The van der Waals surface area contributed by atoms with Gasteiger partial charge < -0.3 is 4.90 Å². The molecule has 152 valence electrons. The average molecular weight is 398 g/mol. The Morgan fingerprint density at radius 2 is 1.71 bits per heavy atom. The lowest BCUT2D eigenvalue weighted by atomic mass is 9.81. The highest BCUT2D eigenvalue weighted by Gasteiger charge is 2.49. The number of fused-ring (bicyclic) bond motifs is 1. The molecular formula is C25H37N2S+. The standard InChI is InChI=1S/C25H37N2S/c1-9-18-26-20-15-12-11-14-19(20)23(3,4)21(26)16-13-17-22-27(10-2)24(5,6)25(7,8)28-22/h11-17H,9-10,18H2,1-8H3/q+1. The van der Waals surface area contributed by atoms with Crippen LogP contribution in [0.5, 0.6) is 0 Å². The first-order valence-electron chi connectivity index (χ1n) is 10.7. The van der Waals surface area contributed by atoms with Crippen molar-refractivity contribution in [1.82, 2.24) is 4.90 Å². The number of para-hydroxylation sites is 1. The Morgan fingerprint density at radius 1 is 1.04 bits per heavy atom. The zero-order valence-electron chi connectivity index (χ0n) is 19.0. The van der Waals surface area contributed by atoms with Crippen molar-refractivity contribution in [2.75, 3.05) is 13.1 Å². The van der Waals surface area contributed by atoms with Gasteiger partial charge in [-0.15, -0.1) is 0 Å². The first-order chi connectivity index (χ1) is 13.1. The summed E-state index contributed by atoms with van der Waals surface area (Å²) < 4.78 is 2.71. The Bertz CT molecular complexity index is 840. The molecule has 0 unspecified atom stereocenters. The maximum Gasteiger partial charge on any atom is 0.209 e. The van der Waals surface area contributed by atoms with Crippen LogP contribution < -0.4 is 0 Å². The maximum absolute atomic E-state index is 2.55. The summed E-state index contributed by atoms with van der Waals surface area (Å²) in [6.07, 6.45) is 8.08. The molecule has 0 aromatic heterocycles. The predicted molar refractivity (Wildman–Crippen MR) is 125 cm³/mol. The third-order valence-corrected chi connectivity index (χ3v) is 8.41. The van der Waals surface area contributed by atoms with Gasteiger partial charge in [-0.3, -0.25) is 0 Å². The van der Waals surface area contributed by atoms with E-state index in [1.54, 1.807) is 0 Å². The fourth-order valence-electron chi connectivity index (χ4n) is 4.54. The molecule has 1 aromatic rings. The molecule has 1 fully saturated rings. The van der Waals surface area contributed by atoms with Gasteiger partial charge in [0.2, 0.25) is 5.69 Å². The van der Waals surface area contributed by atoms with Gasteiger partial charge in [-0.2, -0.15) is 4.58 Å². The number of hydrogen-bond donors (Lipinski definition) is 0. The SMILES string of the molecule is CCC[N+]1=C(/C=C/C=C2\SC(C)(C)C(C)(C)N2CC)C(C)(C)c2ccccc21. The molecule has 0 N–H and O–H groups in total. The average Bonchev–Trinajstić information content (AvgIpc) is 2.94. The number of nitrogens with zero attached hydrogens (tertiary/aromatic N) is 2. The van der Waals surface area contributed by atoms with Crippen LogP contribution in [0.2, 0.25) is 0 Å².